The lowest BCUT2D eigenvalue weighted by Gasteiger charge is -2.15. The van der Waals surface area contributed by atoms with E-state index in [-0.39, 0.29) is 5.71 Å². The number of imide groups is 1. The molecule has 2 amide bonds. The third kappa shape index (κ3) is 2.68. The van der Waals surface area contributed by atoms with Gasteiger partial charge in [-0.3, -0.25) is 14.4 Å². The van der Waals surface area contributed by atoms with Crippen molar-refractivity contribution in [1.82, 2.24) is 0 Å². The first-order valence-electron chi connectivity index (χ1n) is 8.38. The molecular formula is C20H16N2O5. The number of anilines is 1. The van der Waals surface area contributed by atoms with Gasteiger partial charge in [-0.05, 0) is 31.2 Å². The summed E-state index contributed by atoms with van der Waals surface area (Å²) < 4.78 is 5.09. The molecule has 0 aromatic heterocycles. The number of Topliss-reactive ketones (excluding diaryl/α,β-unsaturated/α-hetero) is 1. The van der Waals surface area contributed by atoms with Crippen LogP contribution in [0.2, 0.25) is 0 Å². The summed E-state index contributed by atoms with van der Waals surface area (Å²) in [5.74, 6) is -1.91. The number of nitrogens with zero attached hydrogens (tertiary/aromatic N) is 2. The second-order valence-electron chi connectivity index (χ2n) is 6.39. The third-order valence-electron chi connectivity index (χ3n) is 4.69. The Kier molecular flexibility index (Phi) is 3.99. The zero-order chi connectivity index (χ0) is 19.1. The molecule has 27 heavy (non-hydrogen) atoms. The average Bonchev–Trinajstić information content (AvgIpc) is 3.22. The van der Waals surface area contributed by atoms with Crippen LogP contribution in [0.5, 0.6) is 5.75 Å². The molecule has 2 aromatic carbocycles. The standard InChI is InChI=1S/C20H16N2O5/c1-11-3-5-12(6-4-11)17(23)16-15-18(27-21-16)20(25)22(19(15)24)13-7-9-14(26-2)10-8-13/h3-10,15,18H,1-2H3/t15-,18-/m1/s1. The predicted molar refractivity (Wildman–Crippen MR) is 96.8 cm³/mol. The monoisotopic (exact) mass is 364 g/mol. The molecule has 0 saturated carbocycles. The van der Waals surface area contributed by atoms with E-state index in [1.54, 1.807) is 48.5 Å². The summed E-state index contributed by atoms with van der Waals surface area (Å²) in [6.07, 6.45) is -1.11. The number of hydrogen-bond donors (Lipinski definition) is 0. The number of ketones is 1. The maximum Gasteiger partial charge on any atom is 0.278 e. The minimum absolute atomic E-state index is 0.0433. The highest BCUT2D eigenvalue weighted by Crippen LogP contribution is 2.34. The molecule has 1 fully saturated rings. The molecule has 2 heterocycles. The Morgan fingerprint density at radius 2 is 1.70 bits per heavy atom. The van der Waals surface area contributed by atoms with Crippen molar-refractivity contribution >= 4 is 29.0 Å². The van der Waals surface area contributed by atoms with E-state index in [9.17, 15) is 14.4 Å². The van der Waals surface area contributed by atoms with E-state index in [1.165, 1.54) is 7.11 Å². The predicted octanol–water partition coefficient (Wildman–Crippen LogP) is 2.13. The lowest BCUT2D eigenvalue weighted by Crippen LogP contribution is -2.34. The van der Waals surface area contributed by atoms with Crippen molar-refractivity contribution in [2.45, 2.75) is 13.0 Å². The average molecular weight is 364 g/mol. The molecule has 2 atom stereocenters. The molecule has 7 heteroatoms. The van der Waals surface area contributed by atoms with Gasteiger partial charge in [0.05, 0.1) is 12.8 Å². The van der Waals surface area contributed by atoms with Crippen LogP contribution >= 0.6 is 0 Å². The number of benzene rings is 2. The number of rotatable bonds is 4. The highest BCUT2D eigenvalue weighted by Gasteiger charge is 2.57. The largest absolute Gasteiger partial charge is 0.497 e. The Bertz CT molecular complexity index is 963. The van der Waals surface area contributed by atoms with Gasteiger partial charge in [0, 0.05) is 5.56 Å². The first kappa shape index (κ1) is 17.0. The van der Waals surface area contributed by atoms with Gasteiger partial charge in [-0.25, -0.2) is 4.90 Å². The fraction of sp³-hybridized carbons (Fsp3) is 0.200. The van der Waals surface area contributed by atoms with E-state index in [4.69, 9.17) is 9.57 Å². The van der Waals surface area contributed by atoms with Gasteiger partial charge in [-0.15, -0.1) is 0 Å². The molecule has 7 nitrogen and oxygen atoms in total. The van der Waals surface area contributed by atoms with Crippen LogP contribution in [0.4, 0.5) is 5.69 Å². The number of aryl methyl sites for hydroxylation is 1. The van der Waals surface area contributed by atoms with Crippen LogP contribution < -0.4 is 9.64 Å². The maximum absolute atomic E-state index is 12.9. The fourth-order valence-corrected chi connectivity index (χ4v) is 3.20. The molecule has 0 N–H and O–H groups in total. The number of carbonyl (C=O) groups is 3. The van der Waals surface area contributed by atoms with Crippen LogP contribution in [-0.2, 0) is 14.4 Å². The van der Waals surface area contributed by atoms with Crippen LogP contribution in [0, 0.1) is 12.8 Å². The van der Waals surface area contributed by atoms with Gasteiger partial charge in [0.15, 0.2) is 0 Å². The molecular weight excluding hydrogens is 348 g/mol. The Hall–Kier alpha value is -3.48. The minimum Gasteiger partial charge on any atom is -0.497 e. The summed E-state index contributed by atoms with van der Waals surface area (Å²) in [6, 6.07) is 13.4. The van der Waals surface area contributed by atoms with Crippen molar-refractivity contribution < 1.29 is 24.0 Å². The smallest absolute Gasteiger partial charge is 0.278 e. The summed E-state index contributed by atoms with van der Waals surface area (Å²) in [6.45, 7) is 1.91. The zero-order valence-corrected chi connectivity index (χ0v) is 14.7. The third-order valence-corrected chi connectivity index (χ3v) is 4.69. The first-order valence-corrected chi connectivity index (χ1v) is 8.38. The number of hydrogen-bond acceptors (Lipinski definition) is 6. The van der Waals surface area contributed by atoms with Crippen molar-refractivity contribution in [2.24, 2.45) is 11.1 Å². The van der Waals surface area contributed by atoms with E-state index in [0.29, 0.717) is 17.0 Å². The molecule has 0 aliphatic carbocycles. The van der Waals surface area contributed by atoms with E-state index < -0.39 is 29.6 Å². The molecule has 2 aliphatic heterocycles. The second kappa shape index (κ2) is 6.35. The zero-order valence-electron chi connectivity index (χ0n) is 14.7. The van der Waals surface area contributed by atoms with Crippen molar-refractivity contribution in [1.29, 1.82) is 0 Å². The van der Waals surface area contributed by atoms with Crippen LogP contribution in [0.1, 0.15) is 15.9 Å². The quantitative estimate of drug-likeness (QED) is 0.613. The SMILES string of the molecule is COc1ccc(N2C(=O)[C@@H]3C(C(=O)c4ccc(C)cc4)=NO[C@H]3C2=O)cc1. The van der Waals surface area contributed by atoms with Crippen LogP contribution in [0.15, 0.2) is 53.7 Å². The number of fused-ring (bicyclic) bond motifs is 1. The van der Waals surface area contributed by atoms with Gasteiger partial charge < -0.3 is 9.57 Å². The van der Waals surface area contributed by atoms with Gasteiger partial charge in [0.1, 0.15) is 17.4 Å². The van der Waals surface area contributed by atoms with Crippen LogP contribution in [-0.4, -0.2) is 36.5 Å². The van der Waals surface area contributed by atoms with Crippen molar-refractivity contribution in [3.8, 4) is 5.75 Å². The van der Waals surface area contributed by atoms with Gasteiger partial charge >= 0.3 is 0 Å². The topological polar surface area (TPSA) is 85.3 Å². The molecule has 2 aliphatic rings. The lowest BCUT2D eigenvalue weighted by atomic mass is 9.93. The fourth-order valence-electron chi connectivity index (χ4n) is 3.20. The highest BCUT2D eigenvalue weighted by molar-refractivity contribution is 6.52. The van der Waals surface area contributed by atoms with Crippen molar-refractivity contribution in [3.05, 3.63) is 59.7 Å². The molecule has 2 aromatic rings. The highest BCUT2D eigenvalue weighted by atomic mass is 16.7. The van der Waals surface area contributed by atoms with Crippen molar-refractivity contribution in [2.75, 3.05) is 12.0 Å². The number of oxime groups is 1. The van der Waals surface area contributed by atoms with Crippen LogP contribution in [0.25, 0.3) is 0 Å². The van der Waals surface area contributed by atoms with Crippen LogP contribution in [0.3, 0.4) is 0 Å². The van der Waals surface area contributed by atoms with Gasteiger partial charge in [-0.1, -0.05) is 35.0 Å². The lowest BCUT2D eigenvalue weighted by molar-refractivity contribution is -0.126. The summed E-state index contributed by atoms with van der Waals surface area (Å²) in [7, 11) is 1.53. The van der Waals surface area contributed by atoms with E-state index in [2.05, 4.69) is 5.16 Å². The molecule has 136 valence electrons. The Balaban J connectivity index is 1.63. The number of carbonyl (C=O) groups excluding carboxylic acids is 3. The molecule has 0 bridgehead atoms. The molecule has 0 unspecified atom stereocenters. The summed E-state index contributed by atoms with van der Waals surface area (Å²) >= 11 is 0. The number of amides is 2. The molecule has 1 saturated heterocycles. The van der Waals surface area contributed by atoms with Gasteiger partial charge in [0.25, 0.3) is 5.91 Å². The first-order chi connectivity index (χ1) is 13.0. The van der Waals surface area contributed by atoms with E-state index in [0.717, 1.165) is 10.5 Å². The molecule has 0 radical (unpaired) electrons. The number of methoxy groups -OCH3 is 1. The van der Waals surface area contributed by atoms with Crippen molar-refractivity contribution in [3.63, 3.8) is 0 Å². The Labute approximate surface area is 155 Å². The van der Waals surface area contributed by atoms with E-state index >= 15 is 0 Å². The maximum atomic E-state index is 12.9. The summed E-state index contributed by atoms with van der Waals surface area (Å²) in [4.78, 5) is 44.5. The summed E-state index contributed by atoms with van der Waals surface area (Å²) in [5.41, 5.74) is 1.75. The number of ether oxygens (including phenoxy) is 1. The normalized spacial score (nSPS) is 21.0. The Morgan fingerprint density at radius 1 is 1.04 bits per heavy atom. The second-order valence-corrected chi connectivity index (χ2v) is 6.39. The Morgan fingerprint density at radius 3 is 2.33 bits per heavy atom. The molecule has 0 spiro atoms. The van der Waals surface area contributed by atoms with E-state index in [1.807, 2.05) is 6.92 Å². The summed E-state index contributed by atoms with van der Waals surface area (Å²) in [5, 5.41) is 3.75. The molecule has 4 rings (SSSR count). The minimum atomic E-state index is -1.11. The van der Waals surface area contributed by atoms with Gasteiger partial charge in [-0.2, -0.15) is 0 Å². The van der Waals surface area contributed by atoms with Gasteiger partial charge in [0.2, 0.25) is 17.8 Å².